The summed E-state index contributed by atoms with van der Waals surface area (Å²) >= 11 is 0. The Hall–Kier alpha value is -1.52. The Morgan fingerprint density at radius 1 is 1.53 bits per heavy atom. The van der Waals surface area contributed by atoms with Gasteiger partial charge in [0.15, 0.2) is 0 Å². The quantitative estimate of drug-likeness (QED) is 0.825. The molecule has 1 aromatic heterocycles. The molecule has 1 aliphatic rings. The molecule has 2 rings (SSSR count). The van der Waals surface area contributed by atoms with E-state index in [-0.39, 0.29) is 11.9 Å². The third kappa shape index (κ3) is 2.14. The molecule has 0 fully saturated rings. The third-order valence-electron chi connectivity index (χ3n) is 3.22. The van der Waals surface area contributed by atoms with Crippen LogP contribution < -0.4 is 10.6 Å². The zero-order chi connectivity index (χ0) is 12.6. The van der Waals surface area contributed by atoms with E-state index in [9.17, 15) is 4.79 Å². The summed E-state index contributed by atoms with van der Waals surface area (Å²) in [5.74, 6) is 1.41. The molecule has 0 saturated carbocycles. The first-order valence-corrected chi connectivity index (χ1v) is 6.16. The summed E-state index contributed by atoms with van der Waals surface area (Å²) in [7, 11) is 0. The van der Waals surface area contributed by atoms with Gasteiger partial charge in [0.25, 0.3) is 0 Å². The van der Waals surface area contributed by atoms with Gasteiger partial charge in [-0.2, -0.15) is 5.10 Å². The van der Waals surface area contributed by atoms with Gasteiger partial charge in [-0.25, -0.2) is 4.68 Å². The van der Waals surface area contributed by atoms with Crippen LogP contribution in [0.2, 0.25) is 0 Å². The van der Waals surface area contributed by atoms with Crippen molar-refractivity contribution in [2.75, 3.05) is 10.6 Å². The highest BCUT2D eigenvalue weighted by atomic mass is 16.1. The Balaban J connectivity index is 2.42. The number of rotatable bonds is 2. The van der Waals surface area contributed by atoms with Crippen molar-refractivity contribution in [3.05, 3.63) is 5.69 Å². The summed E-state index contributed by atoms with van der Waals surface area (Å²) in [5.41, 5.74) is 1.70. The first kappa shape index (κ1) is 12.0. The number of nitrogens with zero attached hydrogens (tertiary/aromatic N) is 2. The highest BCUT2D eigenvalue weighted by Crippen LogP contribution is 2.30. The zero-order valence-electron chi connectivity index (χ0n) is 10.9. The maximum Gasteiger partial charge on any atom is 0.226 e. The van der Waals surface area contributed by atoms with Crippen molar-refractivity contribution in [2.24, 2.45) is 5.92 Å². The van der Waals surface area contributed by atoms with E-state index in [2.05, 4.69) is 29.6 Å². The van der Waals surface area contributed by atoms with Gasteiger partial charge in [-0.05, 0) is 19.8 Å². The summed E-state index contributed by atoms with van der Waals surface area (Å²) in [5, 5.41) is 10.8. The van der Waals surface area contributed by atoms with Gasteiger partial charge in [-0.15, -0.1) is 0 Å². The summed E-state index contributed by atoms with van der Waals surface area (Å²) in [6.45, 7) is 9.00. The smallest absolute Gasteiger partial charge is 0.226 e. The minimum atomic E-state index is 0.0636. The van der Waals surface area contributed by atoms with E-state index in [0.29, 0.717) is 12.3 Å². The molecule has 1 aliphatic heterocycles. The molecule has 2 N–H and O–H groups in total. The molecule has 1 atom stereocenters. The number of hydrogen-bond acceptors (Lipinski definition) is 3. The SMILES string of the molecule is CCn1nc(C)c2c1NC(C(C)C)CC(=O)N2. The Morgan fingerprint density at radius 2 is 2.24 bits per heavy atom. The van der Waals surface area contributed by atoms with Crippen LogP contribution in [0.25, 0.3) is 0 Å². The van der Waals surface area contributed by atoms with Crippen molar-refractivity contribution in [1.29, 1.82) is 0 Å². The molecule has 1 unspecified atom stereocenters. The Labute approximate surface area is 102 Å². The van der Waals surface area contributed by atoms with E-state index < -0.39 is 0 Å². The van der Waals surface area contributed by atoms with Crippen molar-refractivity contribution in [3.8, 4) is 0 Å². The molecule has 2 heterocycles. The summed E-state index contributed by atoms with van der Waals surface area (Å²) in [4.78, 5) is 11.8. The van der Waals surface area contributed by atoms with E-state index in [0.717, 1.165) is 23.7 Å². The van der Waals surface area contributed by atoms with Gasteiger partial charge < -0.3 is 10.6 Å². The number of anilines is 2. The zero-order valence-corrected chi connectivity index (χ0v) is 10.9. The molecule has 5 heteroatoms. The number of carbonyl (C=O) groups excluding carboxylic acids is 1. The predicted octanol–water partition coefficient (Wildman–Crippen LogP) is 1.99. The molecule has 0 spiro atoms. The number of nitrogens with one attached hydrogen (secondary N) is 2. The minimum Gasteiger partial charge on any atom is -0.365 e. The van der Waals surface area contributed by atoms with Gasteiger partial charge in [0.2, 0.25) is 5.91 Å². The van der Waals surface area contributed by atoms with Crippen molar-refractivity contribution >= 4 is 17.4 Å². The number of hydrogen-bond donors (Lipinski definition) is 2. The topological polar surface area (TPSA) is 59.0 Å². The lowest BCUT2D eigenvalue weighted by molar-refractivity contribution is -0.116. The number of fused-ring (bicyclic) bond motifs is 1. The molecule has 94 valence electrons. The standard InChI is InChI=1S/C12H20N4O/c1-5-16-12-11(8(4)15-16)14-10(17)6-9(13-12)7(2)3/h7,9,13H,5-6H2,1-4H3,(H,14,17). The van der Waals surface area contributed by atoms with Crippen LogP contribution in [0.5, 0.6) is 0 Å². The maximum atomic E-state index is 11.8. The first-order valence-electron chi connectivity index (χ1n) is 6.16. The molecule has 0 aromatic carbocycles. The van der Waals surface area contributed by atoms with E-state index in [1.165, 1.54) is 0 Å². The van der Waals surface area contributed by atoms with Crippen molar-refractivity contribution in [2.45, 2.75) is 46.7 Å². The second kappa shape index (κ2) is 4.39. The van der Waals surface area contributed by atoms with Gasteiger partial charge in [-0.1, -0.05) is 13.8 Å². The van der Waals surface area contributed by atoms with Crippen molar-refractivity contribution in [1.82, 2.24) is 9.78 Å². The van der Waals surface area contributed by atoms with Crippen LogP contribution >= 0.6 is 0 Å². The largest absolute Gasteiger partial charge is 0.365 e. The fourth-order valence-corrected chi connectivity index (χ4v) is 2.13. The average Bonchev–Trinajstić information content (AvgIpc) is 2.47. The predicted molar refractivity (Wildman–Crippen MR) is 68.1 cm³/mol. The van der Waals surface area contributed by atoms with Gasteiger partial charge in [0.1, 0.15) is 11.5 Å². The van der Waals surface area contributed by atoms with Crippen LogP contribution in [0.15, 0.2) is 0 Å². The molecular formula is C12H20N4O. The summed E-state index contributed by atoms with van der Waals surface area (Å²) in [6.07, 6.45) is 0.509. The maximum absolute atomic E-state index is 11.8. The minimum absolute atomic E-state index is 0.0636. The van der Waals surface area contributed by atoms with Crippen LogP contribution in [0.3, 0.4) is 0 Å². The monoisotopic (exact) mass is 236 g/mol. The highest BCUT2D eigenvalue weighted by Gasteiger charge is 2.27. The second-order valence-corrected chi connectivity index (χ2v) is 4.87. The number of carbonyl (C=O) groups is 1. The lowest BCUT2D eigenvalue weighted by Gasteiger charge is -2.20. The van der Waals surface area contributed by atoms with E-state index in [4.69, 9.17) is 0 Å². The Morgan fingerprint density at radius 3 is 2.82 bits per heavy atom. The highest BCUT2D eigenvalue weighted by molar-refractivity contribution is 5.96. The molecule has 0 aliphatic carbocycles. The second-order valence-electron chi connectivity index (χ2n) is 4.87. The van der Waals surface area contributed by atoms with Crippen molar-refractivity contribution < 1.29 is 4.79 Å². The van der Waals surface area contributed by atoms with Crippen LogP contribution in [0.1, 0.15) is 32.9 Å². The molecule has 1 aromatic rings. The van der Waals surface area contributed by atoms with Crippen LogP contribution in [0, 0.1) is 12.8 Å². The van der Waals surface area contributed by atoms with Crippen LogP contribution in [-0.4, -0.2) is 21.7 Å². The van der Waals surface area contributed by atoms with Gasteiger partial charge >= 0.3 is 0 Å². The van der Waals surface area contributed by atoms with Crippen LogP contribution in [-0.2, 0) is 11.3 Å². The van der Waals surface area contributed by atoms with E-state index in [1.54, 1.807) is 0 Å². The van der Waals surface area contributed by atoms with Crippen molar-refractivity contribution in [3.63, 3.8) is 0 Å². The molecule has 17 heavy (non-hydrogen) atoms. The molecule has 0 bridgehead atoms. The first-order chi connectivity index (χ1) is 8.02. The lowest BCUT2D eigenvalue weighted by atomic mass is 10.0. The third-order valence-corrected chi connectivity index (χ3v) is 3.22. The fraction of sp³-hybridized carbons (Fsp3) is 0.667. The Kier molecular flexibility index (Phi) is 3.09. The molecule has 1 amide bonds. The number of aryl methyl sites for hydroxylation is 2. The molecule has 5 nitrogen and oxygen atoms in total. The van der Waals surface area contributed by atoms with Crippen LogP contribution in [0.4, 0.5) is 11.5 Å². The Bertz CT molecular complexity index is 436. The summed E-state index contributed by atoms with van der Waals surface area (Å²) < 4.78 is 1.91. The van der Waals surface area contributed by atoms with E-state index in [1.807, 2.05) is 18.5 Å². The van der Waals surface area contributed by atoms with Gasteiger partial charge in [-0.3, -0.25) is 4.79 Å². The van der Waals surface area contributed by atoms with Gasteiger partial charge in [0, 0.05) is 19.0 Å². The average molecular weight is 236 g/mol. The molecular weight excluding hydrogens is 216 g/mol. The molecule has 0 saturated heterocycles. The lowest BCUT2D eigenvalue weighted by Crippen LogP contribution is -2.29. The summed E-state index contributed by atoms with van der Waals surface area (Å²) in [6, 6.07) is 0.164. The number of amides is 1. The normalized spacial score (nSPS) is 19.6. The molecule has 0 radical (unpaired) electrons. The van der Waals surface area contributed by atoms with E-state index >= 15 is 0 Å². The number of aromatic nitrogens is 2. The fourth-order valence-electron chi connectivity index (χ4n) is 2.13. The van der Waals surface area contributed by atoms with Gasteiger partial charge in [0.05, 0.1) is 5.69 Å².